The number of benzene rings is 2. The van der Waals surface area contributed by atoms with Crippen LogP contribution < -0.4 is 20.7 Å². The second kappa shape index (κ2) is 12.6. The SMILES string of the molecule is CNC(=O)c1cccc(C)c1Nc1nc(Nc2ccc(C3CCN(C4C5CC6CC(C5)CC4C6)CC3)cc2OC)ncc1C(F)(F)F. The summed E-state index contributed by atoms with van der Waals surface area (Å²) >= 11 is 0. The summed E-state index contributed by atoms with van der Waals surface area (Å²) in [5, 5.41) is 8.36. The number of carbonyl (C=O) groups excluding carboxylic acids is 1. The fourth-order valence-corrected chi connectivity index (χ4v) is 9.23. The fraction of sp³-hybridized carbons (Fsp3) is 0.528. The van der Waals surface area contributed by atoms with E-state index in [1.807, 2.05) is 12.1 Å². The number of alkyl halides is 3. The third-order valence-corrected chi connectivity index (χ3v) is 11.2. The highest BCUT2D eigenvalue weighted by Gasteiger charge is 2.50. The van der Waals surface area contributed by atoms with Crippen molar-refractivity contribution in [1.29, 1.82) is 0 Å². The number of piperidine rings is 1. The Morgan fingerprint density at radius 1 is 0.979 bits per heavy atom. The monoisotopic (exact) mass is 648 g/mol. The largest absolute Gasteiger partial charge is 0.495 e. The maximum atomic E-state index is 14.0. The zero-order valence-electron chi connectivity index (χ0n) is 27.2. The lowest BCUT2D eigenvalue weighted by Crippen LogP contribution is -2.57. The van der Waals surface area contributed by atoms with Crippen LogP contribution in [-0.2, 0) is 6.18 Å². The average Bonchev–Trinajstić information content (AvgIpc) is 3.05. The zero-order chi connectivity index (χ0) is 32.9. The van der Waals surface area contributed by atoms with E-state index in [1.54, 1.807) is 32.2 Å². The number of nitrogens with one attached hydrogen (secondary N) is 3. The molecule has 4 bridgehead atoms. The second-order valence-corrected chi connectivity index (χ2v) is 14.0. The first-order valence-electron chi connectivity index (χ1n) is 16.8. The van der Waals surface area contributed by atoms with Gasteiger partial charge in [-0.1, -0.05) is 18.2 Å². The van der Waals surface area contributed by atoms with Crippen molar-refractivity contribution in [1.82, 2.24) is 20.2 Å². The number of rotatable bonds is 8. The molecule has 0 radical (unpaired) electrons. The quantitative estimate of drug-likeness (QED) is 0.231. The first kappa shape index (κ1) is 31.7. The Labute approximate surface area is 273 Å². The molecule has 8 nitrogen and oxygen atoms in total. The lowest BCUT2D eigenvalue weighted by molar-refractivity contribution is -0.137. The number of aryl methyl sites for hydroxylation is 1. The molecule has 1 amide bonds. The van der Waals surface area contributed by atoms with Crippen LogP contribution in [0.2, 0.25) is 0 Å². The van der Waals surface area contributed by atoms with Gasteiger partial charge in [-0.3, -0.25) is 9.69 Å². The van der Waals surface area contributed by atoms with Gasteiger partial charge in [-0.2, -0.15) is 18.2 Å². The van der Waals surface area contributed by atoms with Gasteiger partial charge in [-0.25, -0.2) is 4.98 Å². The molecule has 5 aliphatic rings. The van der Waals surface area contributed by atoms with E-state index in [0.717, 1.165) is 61.8 Å². The van der Waals surface area contributed by atoms with Crippen molar-refractivity contribution in [3.05, 3.63) is 64.8 Å². The number of hydrogen-bond acceptors (Lipinski definition) is 7. The maximum absolute atomic E-state index is 14.0. The molecule has 1 aromatic heterocycles. The molecule has 2 aromatic carbocycles. The number of nitrogens with zero attached hydrogens (tertiary/aromatic N) is 3. The molecule has 4 saturated carbocycles. The summed E-state index contributed by atoms with van der Waals surface area (Å²) in [5.41, 5.74) is 1.74. The first-order chi connectivity index (χ1) is 22.6. The van der Waals surface area contributed by atoms with Gasteiger partial charge < -0.3 is 20.7 Å². The Bertz CT molecular complexity index is 1610. The van der Waals surface area contributed by atoms with E-state index in [2.05, 4.69) is 36.9 Å². The van der Waals surface area contributed by atoms with Crippen molar-refractivity contribution in [3.8, 4) is 5.75 Å². The Kier molecular flexibility index (Phi) is 8.53. The molecule has 250 valence electrons. The summed E-state index contributed by atoms with van der Waals surface area (Å²) in [4.78, 5) is 23.5. The molecule has 11 heteroatoms. The number of amides is 1. The van der Waals surface area contributed by atoms with Crippen LogP contribution in [0.3, 0.4) is 0 Å². The van der Waals surface area contributed by atoms with Crippen molar-refractivity contribution in [2.45, 2.75) is 70.0 Å². The van der Waals surface area contributed by atoms with Crippen molar-refractivity contribution in [2.75, 3.05) is 37.9 Å². The molecule has 3 aromatic rings. The van der Waals surface area contributed by atoms with Crippen LogP contribution in [0.5, 0.6) is 5.75 Å². The number of ether oxygens (including phenoxy) is 1. The van der Waals surface area contributed by atoms with Crippen molar-refractivity contribution < 1.29 is 22.7 Å². The number of carbonyl (C=O) groups is 1. The van der Waals surface area contributed by atoms with Gasteiger partial charge in [-0.05, 0) is 124 Å². The molecule has 0 spiro atoms. The Hall–Kier alpha value is -3.86. The summed E-state index contributed by atoms with van der Waals surface area (Å²) in [7, 11) is 3.05. The Morgan fingerprint density at radius 2 is 1.68 bits per heavy atom. The number of para-hydroxylation sites is 1. The Balaban J connectivity index is 1.07. The maximum Gasteiger partial charge on any atom is 0.421 e. The van der Waals surface area contributed by atoms with Gasteiger partial charge in [0, 0.05) is 19.3 Å². The standard InChI is InChI=1S/C36H43F3N6O2/c1-20-5-4-6-27(34(46)40-2)31(20)43-33-28(36(37,38)39)19-41-35(44-33)42-29-8-7-24(18-30(29)47-3)23-9-11-45(12-10-23)32-25-14-21-13-22(16-25)17-26(32)15-21/h4-8,18-19,21-23,25-26,32H,9-17H2,1-3H3,(H,40,46)(H2,41,42,43,44). The molecule has 5 fully saturated rings. The normalized spacial score (nSPS) is 25.9. The highest BCUT2D eigenvalue weighted by Crippen LogP contribution is 2.55. The number of aromatic nitrogens is 2. The smallest absolute Gasteiger partial charge is 0.421 e. The van der Waals surface area contributed by atoms with Gasteiger partial charge in [0.1, 0.15) is 17.1 Å². The second-order valence-electron chi connectivity index (χ2n) is 14.0. The summed E-state index contributed by atoms with van der Waals surface area (Å²) in [6, 6.07) is 11.7. The minimum Gasteiger partial charge on any atom is -0.495 e. The predicted molar refractivity (Wildman–Crippen MR) is 176 cm³/mol. The van der Waals surface area contributed by atoms with E-state index >= 15 is 0 Å². The van der Waals surface area contributed by atoms with Crippen LogP contribution >= 0.6 is 0 Å². The molecule has 2 heterocycles. The number of hydrogen-bond donors (Lipinski definition) is 3. The van der Waals surface area contributed by atoms with Gasteiger partial charge in [0.15, 0.2) is 0 Å². The molecular weight excluding hydrogens is 605 g/mol. The van der Waals surface area contributed by atoms with Crippen LogP contribution in [0.1, 0.15) is 77.9 Å². The van der Waals surface area contributed by atoms with Crippen molar-refractivity contribution >= 4 is 29.0 Å². The molecule has 8 rings (SSSR count). The summed E-state index contributed by atoms with van der Waals surface area (Å²) in [5.74, 6) is 3.82. The molecule has 1 aliphatic heterocycles. The van der Waals surface area contributed by atoms with E-state index in [9.17, 15) is 18.0 Å². The lowest BCUT2D eigenvalue weighted by atomic mass is 9.53. The van der Waals surface area contributed by atoms with Crippen LogP contribution in [-0.4, -0.2) is 54.1 Å². The minimum absolute atomic E-state index is 0.0365. The highest BCUT2D eigenvalue weighted by atomic mass is 19.4. The van der Waals surface area contributed by atoms with Gasteiger partial charge in [0.05, 0.1) is 24.0 Å². The van der Waals surface area contributed by atoms with Crippen molar-refractivity contribution in [3.63, 3.8) is 0 Å². The van der Waals surface area contributed by atoms with E-state index in [1.165, 1.54) is 44.7 Å². The van der Waals surface area contributed by atoms with E-state index in [0.29, 0.717) is 22.9 Å². The fourth-order valence-electron chi connectivity index (χ4n) is 9.23. The number of methoxy groups -OCH3 is 1. The average molecular weight is 649 g/mol. The summed E-state index contributed by atoms with van der Waals surface area (Å²) in [6.07, 6.45) is 5.46. The van der Waals surface area contributed by atoms with Crippen molar-refractivity contribution in [2.24, 2.45) is 23.7 Å². The van der Waals surface area contributed by atoms with Gasteiger partial charge in [-0.15, -0.1) is 0 Å². The molecule has 1 saturated heterocycles. The highest BCUT2D eigenvalue weighted by molar-refractivity contribution is 6.00. The first-order valence-corrected chi connectivity index (χ1v) is 16.8. The zero-order valence-corrected chi connectivity index (χ0v) is 27.2. The van der Waals surface area contributed by atoms with Crippen LogP contribution in [0.25, 0.3) is 0 Å². The topological polar surface area (TPSA) is 91.4 Å². The minimum atomic E-state index is -4.72. The van der Waals surface area contributed by atoms with Crippen LogP contribution in [0.15, 0.2) is 42.6 Å². The van der Waals surface area contributed by atoms with Crippen LogP contribution in [0.4, 0.5) is 36.3 Å². The van der Waals surface area contributed by atoms with Gasteiger partial charge >= 0.3 is 6.18 Å². The van der Waals surface area contributed by atoms with E-state index in [-0.39, 0.29) is 17.2 Å². The number of anilines is 4. The molecular formula is C36H43F3N6O2. The summed E-state index contributed by atoms with van der Waals surface area (Å²) in [6.45, 7) is 3.96. The molecule has 47 heavy (non-hydrogen) atoms. The summed E-state index contributed by atoms with van der Waals surface area (Å²) < 4.78 is 47.9. The third kappa shape index (κ3) is 6.26. The third-order valence-electron chi connectivity index (χ3n) is 11.2. The molecule has 4 aliphatic carbocycles. The Morgan fingerprint density at radius 3 is 2.32 bits per heavy atom. The van der Waals surface area contributed by atoms with Gasteiger partial charge in [0.25, 0.3) is 5.91 Å². The van der Waals surface area contributed by atoms with Gasteiger partial charge in [0.2, 0.25) is 5.95 Å². The lowest BCUT2D eigenvalue weighted by Gasteiger charge is -2.58. The number of halogens is 3. The predicted octanol–water partition coefficient (Wildman–Crippen LogP) is 7.66. The molecule has 0 unspecified atom stereocenters. The van der Waals surface area contributed by atoms with E-state index < -0.39 is 23.5 Å². The molecule has 3 N–H and O–H groups in total. The number of likely N-dealkylation sites (tertiary alicyclic amines) is 1. The van der Waals surface area contributed by atoms with E-state index in [4.69, 9.17) is 4.74 Å². The van der Waals surface area contributed by atoms with Crippen LogP contribution in [0, 0.1) is 30.6 Å². The molecule has 0 atom stereocenters.